The summed E-state index contributed by atoms with van der Waals surface area (Å²) < 4.78 is 74.0. The second-order valence-corrected chi connectivity index (χ2v) is 4.65. The fraction of sp³-hybridized carbons (Fsp3) is 0. The Balaban J connectivity index is 2.84. The first kappa shape index (κ1) is 13.1. The zero-order chi connectivity index (χ0) is 12.3. The predicted molar refractivity (Wildman–Crippen MR) is 55.7 cm³/mol. The molecule has 0 heterocycles. The van der Waals surface area contributed by atoms with E-state index in [1.54, 1.807) is 0 Å². The van der Waals surface area contributed by atoms with Crippen molar-refractivity contribution in [2.24, 2.45) is 0 Å². The standard InChI is InChI=1S/C8H4F6IN/c9-3-1-2-4(6(11)5(3)10)16-15-8(14)7(12)13/h1-2,15-16H. The molecule has 16 heavy (non-hydrogen) atoms. The molecule has 0 aromatic heterocycles. The van der Waals surface area contributed by atoms with E-state index in [1.807, 2.05) is 3.53 Å². The van der Waals surface area contributed by atoms with Gasteiger partial charge in [0.05, 0.1) is 0 Å². The molecule has 90 valence electrons. The zero-order valence-electron chi connectivity index (χ0n) is 7.33. The molecule has 0 amide bonds. The van der Waals surface area contributed by atoms with Crippen LogP contribution in [0.1, 0.15) is 0 Å². The summed E-state index contributed by atoms with van der Waals surface area (Å²) in [6, 6.07) is 1.42. The van der Waals surface area contributed by atoms with E-state index >= 15 is 0 Å². The van der Waals surface area contributed by atoms with Crippen LogP contribution in [-0.2, 0) is 0 Å². The molecule has 0 saturated carbocycles. The van der Waals surface area contributed by atoms with E-state index in [4.69, 9.17) is 0 Å². The summed E-state index contributed by atoms with van der Waals surface area (Å²) in [4.78, 5) is 0. The van der Waals surface area contributed by atoms with Crippen LogP contribution in [0.2, 0.25) is 0 Å². The summed E-state index contributed by atoms with van der Waals surface area (Å²) in [6.07, 6.45) is -2.50. The van der Waals surface area contributed by atoms with Crippen molar-refractivity contribution in [3.05, 3.63) is 39.5 Å². The third-order valence-electron chi connectivity index (χ3n) is 1.43. The van der Waals surface area contributed by atoms with Crippen molar-refractivity contribution in [3.8, 4) is 0 Å². The molecule has 8 heteroatoms. The maximum atomic E-state index is 12.9. The number of benzene rings is 1. The van der Waals surface area contributed by atoms with Gasteiger partial charge in [-0.15, -0.1) is 0 Å². The summed E-state index contributed by atoms with van der Waals surface area (Å²) in [7, 11) is 0. The molecule has 1 N–H and O–H groups in total. The van der Waals surface area contributed by atoms with Crippen molar-refractivity contribution in [1.29, 1.82) is 0 Å². The van der Waals surface area contributed by atoms with Crippen LogP contribution >= 0.6 is 21.5 Å². The Bertz CT molecular complexity index is 429. The molecular weight excluding hydrogens is 351 g/mol. The van der Waals surface area contributed by atoms with Crippen molar-refractivity contribution in [2.45, 2.75) is 0 Å². The Kier molecular flexibility index (Phi) is 4.44. The van der Waals surface area contributed by atoms with E-state index in [0.717, 1.165) is 6.07 Å². The number of nitrogens with one attached hydrogen (secondary N) is 1. The number of hydrogen-bond donors (Lipinski definition) is 1. The van der Waals surface area contributed by atoms with E-state index in [1.165, 1.54) is 0 Å². The van der Waals surface area contributed by atoms with E-state index < -0.39 is 54.5 Å². The molecule has 0 aliphatic rings. The van der Waals surface area contributed by atoms with Crippen molar-refractivity contribution in [3.63, 3.8) is 0 Å². The number of rotatable bonds is 3. The van der Waals surface area contributed by atoms with Gasteiger partial charge in [-0.05, 0) is 0 Å². The Morgan fingerprint density at radius 1 is 1.00 bits per heavy atom. The second-order valence-electron chi connectivity index (χ2n) is 2.46. The molecule has 1 aromatic carbocycles. The number of hydrogen-bond acceptors (Lipinski definition) is 1. The molecular formula is C8H4F6IN. The van der Waals surface area contributed by atoms with Crippen LogP contribution in [0.5, 0.6) is 0 Å². The van der Waals surface area contributed by atoms with Gasteiger partial charge >= 0.3 is 96.5 Å². The fourth-order valence-corrected chi connectivity index (χ4v) is 1.98. The third-order valence-corrected chi connectivity index (χ3v) is 3.31. The summed E-state index contributed by atoms with van der Waals surface area (Å²) in [5.41, 5.74) is -0.544. The molecule has 0 bridgehead atoms. The van der Waals surface area contributed by atoms with Gasteiger partial charge in [-0.1, -0.05) is 0 Å². The first-order valence-electron chi connectivity index (χ1n) is 3.70. The predicted octanol–water partition coefficient (Wildman–Crippen LogP) is 4.17. The van der Waals surface area contributed by atoms with Gasteiger partial charge < -0.3 is 0 Å². The Morgan fingerprint density at radius 3 is 2.19 bits per heavy atom. The van der Waals surface area contributed by atoms with Crippen LogP contribution < -0.4 is 3.53 Å². The first-order chi connectivity index (χ1) is 7.43. The van der Waals surface area contributed by atoms with Crippen LogP contribution in [-0.4, -0.2) is 0 Å². The molecule has 0 atom stereocenters. The van der Waals surface area contributed by atoms with Crippen LogP contribution in [0.25, 0.3) is 0 Å². The summed E-state index contributed by atoms with van der Waals surface area (Å²) in [5.74, 6) is -4.70. The minimum absolute atomic E-state index is 0.544. The molecule has 0 spiro atoms. The molecule has 1 aromatic rings. The van der Waals surface area contributed by atoms with Crippen LogP contribution in [0.4, 0.5) is 32.0 Å². The van der Waals surface area contributed by atoms with Gasteiger partial charge in [0.2, 0.25) is 0 Å². The molecule has 0 fully saturated rings. The fourth-order valence-electron chi connectivity index (χ4n) is 0.743. The average Bonchev–Trinajstić information content (AvgIpc) is 2.24. The average molecular weight is 355 g/mol. The Morgan fingerprint density at radius 2 is 1.62 bits per heavy atom. The molecule has 1 rings (SSSR count). The normalized spacial score (nSPS) is 10.4. The maximum absolute atomic E-state index is 12.9. The van der Waals surface area contributed by atoms with Gasteiger partial charge in [-0.3, -0.25) is 0 Å². The topological polar surface area (TPSA) is 12.0 Å². The third kappa shape index (κ3) is 3.03. The Labute approximate surface area is 96.8 Å². The SMILES string of the molecule is FC(F)=C(F)[IH]Nc1ccc(F)c(F)c1F. The number of halogens is 7. The van der Waals surface area contributed by atoms with Crippen LogP contribution in [0.3, 0.4) is 0 Å². The second kappa shape index (κ2) is 5.41. The number of anilines is 1. The van der Waals surface area contributed by atoms with Gasteiger partial charge in [-0.2, -0.15) is 0 Å². The van der Waals surface area contributed by atoms with Gasteiger partial charge in [-0.25, -0.2) is 0 Å². The van der Waals surface area contributed by atoms with E-state index in [0.29, 0.717) is 6.07 Å². The van der Waals surface area contributed by atoms with Gasteiger partial charge in [0.15, 0.2) is 0 Å². The molecule has 0 aliphatic heterocycles. The van der Waals surface area contributed by atoms with Crippen LogP contribution in [0, 0.1) is 17.5 Å². The van der Waals surface area contributed by atoms with E-state index in [2.05, 4.69) is 0 Å². The molecule has 0 aliphatic carbocycles. The molecule has 0 radical (unpaired) electrons. The minimum atomic E-state index is -2.50. The Hall–Kier alpha value is -0.930. The molecule has 0 saturated heterocycles. The first-order valence-corrected chi connectivity index (χ1v) is 6.03. The van der Waals surface area contributed by atoms with Crippen LogP contribution in [0.15, 0.2) is 22.0 Å². The quantitative estimate of drug-likeness (QED) is 0.372. The summed E-state index contributed by atoms with van der Waals surface area (Å²) in [6.45, 7) is 0. The van der Waals surface area contributed by atoms with E-state index in [9.17, 15) is 26.3 Å². The van der Waals surface area contributed by atoms with E-state index in [-0.39, 0.29) is 0 Å². The molecule has 1 nitrogen and oxygen atoms in total. The van der Waals surface area contributed by atoms with Crippen molar-refractivity contribution in [2.75, 3.05) is 3.53 Å². The van der Waals surface area contributed by atoms with Gasteiger partial charge in [0.1, 0.15) is 0 Å². The zero-order valence-corrected chi connectivity index (χ0v) is 9.66. The van der Waals surface area contributed by atoms with Crippen molar-refractivity contribution >= 4 is 27.2 Å². The van der Waals surface area contributed by atoms with Crippen molar-refractivity contribution in [1.82, 2.24) is 0 Å². The summed E-state index contributed by atoms with van der Waals surface area (Å²) in [5, 5.41) is 0. The summed E-state index contributed by atoms with van der Waals surface area (Å²) >= 11 is -2.19. The van der Waals surface area contributed by atoms with Gasteiger partial charge in [0.25, 0.3) is 0 Å². The monoisotopic (exact) mass is 355 g/mol. The molecule has 0 unspecified atom stereocenters. The van der Waals surface area contributed by atoms with Gasteiger partial charge in [0, 0.05) is 0 Å². The van der Waals surface area contributed by atoms with Crippen molar-refractivity contribution < 1.29 is 26.3 Å².